The topological polar surface area (TPSA) is 12.0 Å². The van der Waals surface area contributed by atoms with Gasteiger partial charge in [-0.3, -0.25) is 0 Å². The summed E-state index contributed by atoms with van der Waals surface area (Å²) in [6.45, 7) is 8.19. The van der Waals surface area contributed by atoms with Gasteiger partial charge in [-0.05, 0) is 36.3 Å². The van der Waals surface area contributed by atoms with Crippen molar-refractivity contribution in [2.45, 2.75) is 65.3 Å². The zero-order chi connectivity index (χ0) is 14.4. The molecule has 0 aliphatic heterocycles. The Hall–Kier alpha value is -0.820. The monoisotopic (exact) mass is 273 g/mol. The molecule has 1 heteroatoms. The summed E-state index contributed by atoms with van der Waals surface area (Å²) in [5.41, 5.74) is 1.68. The number of hydrogen-bond acceptors (Lipinski definition) is 1. The summed E-state index contributed by atoms with van der Waals surface area (Å²) in [7, 11) is 0. The van der Waals surface area contributed by atoms with Crippen LogP contribution in [0.2, 0.25) is 0 Å². The van der Waals surface area contributed by atoms with Gasteiger partial charge in [0.15, 0.2) is 0 Å². The molecule has 1 fully saturated rings. The minimum Gasteiger partial charge on any atom is -0.309 e. The van der Waals surface area contributed by atoms with Crippen molar-refractivity contribution in [3.63, 3.8) is 0 Å². The Labute approximate surface area is 125 Å². The van der Waals surface area contributed by atoms with Gasteiger partial charge in [-0.1, -0.05) is 76.8 Å². The summed E-state index contributed by atoms with van der Waals surface area (Å²) in [5, 5.41) is 3.87. The predicted octanol–water partition coefficient (Wildman–Crippen LogP) is 5.33. The van der Waals surface area contributed by atoms with Crippen LogP contribution in [0.25, 0.3) is 0 Å². The smallest absolute Gasteiger partial charge is 0.0369 e. The molecule has 0 aromatic heterocycles. The maximum atomic E-state index is 3.87. The quantitative estimate of drug-likeness (QED) is 0.731. The molecule has 2 rings (SSSR count). The van der Waals surface area contributed by atoms with Crippen LogP contribution in [0.5, 0.6) is 0 Å². The zero-order valence-corrected chi connectivity index (χ0v) is 13.5. The molecule has 1 nitrogen and oxygen atoms in total. The zero-order valence-electron chi connectivity index (χ0n) is 13.5. The van der Waals surface area contributed by atoms with E-state index in [4.69, 9.17) is 0 Å². The van der Waals surface area contributed by atoms with Gasteiger partial charge in [-0.15, -0.1) is 0 Å². The second-order valence-corrected chi connectivity index (χ2v) is 7.48. The first-order chi connectivity index (χ1) is 9.57. The van der Waals surface area contributed by atoms with Crippen LogP contribution >= 0.6 is 0 Å². The van der Waals surface area contributed by atoms with Crippen molar-refractivity contribution in [3.05, 3.63) is 35.9 Å². The number of hydrogen-bond donors (Lipinski definition) is 1. The molecule has 20 heavy (non-hydrogen) atoms. The molecule has 1 N–H and O–H groups in total. The highest BCUT2D eigenvalue weighted by Gasteiger charge is 2.26. The molecule has 1 aliphatic rings. The lowest BCUT2D eigenvalue weighted by Crippen LogP contribution is -2.35. The Balaban J connectivity index is 1.98. The fourth-order valence-corrected chi connectivity index (χ4v) is 3.42. The molecule has 0 amide bonds. The Bertz CT molecular complexity index is 369. The van der Waals surface area contributed by atoms with Crippen molar-refractivity contribution in [2.24, 2.45) is 11.3 Å². The second kappa shape index (κ2) is 7.26. The fraction of sp³-hybridized carbons (Fsp3) is 0.684. The van der Waals surface area contributed by atoms with Crippen molar-refractivity contribution in [3.8, 4) is 0 Å². The molecule has 0 spiro atoms. The molecule has 1 aromatic rings. The van der Waals surface area contributed by atoms with Gasteiger partial charge in [-0.25, -0.2) is 0 Å². The van der Waals surface area contributed by atoms with Crippen LogP contribution < -0.4 is 5.32 Å². The van der Waals surface area contributed by atoms with Crippen molar-refractivity contribution >= 4 is 0 Å². The van der Waals surface area contributed by atoms with Gasteiger partial charge in [0.1, 0.15) is 0 Å². The molecular formula is C19H31N. The molecule has 1 unspecified atom stereocenters. The van der Waals surface area contributed by atoms with Gasteiger partial charge < -0.3 is 5.32 Å². The standard InChI is InChI=1S/C19H31N/c1-19(2,3)18(17-13-9-6-10-14-17)20-15-16-11-7-4-5-8-12-16/h6,9-10,13-14,16,18,20H,4-5,7-8,11-12,15H2,1-3H3. The molecule has 0 bridgehead atoms. The van der Waals surface area contributed by atoms with E-state index >= 15 is 0 Å². The average molecular weight is 273 g/mol. The minimum atomic E-state index is 0.256. The van der Waals surface area contributed by atoms with E-state index in [-0.39, 0.29) is 5.41 Å². The van der Waals surface area contributed by atoms with Gasteiger partial charge in [0.2, 0.25) is 0 Å². The van der Waals surface area contributed by atoms with Gasteiger partial charge >= 0.3 is 0 Å². The third-order valence-electron chi connectivity index (χ3n) is 4.58. The summed E-state index contributed by atoms with van der Waals surface area (Å²) in [6, 6.07) is 11.4. The lowest BCUT2D eigenvalue weighted by molar-refractivity contribution is 0.254. The summed E-state index contributed by atoms with van der Waals surface area (Å²) in [5.74, 6) is 0.881. The minimum absolute atomic E-state index is 0.256. The van der Waals surface area contributed by atoms with Gasteiger partial charge in [0.25, 0.3) is 0 Å². The van der Waals surface area contributed by atoms with Crippen molar-refractivity contribution in [2.75, 3.05) is 6.54 Å². The van der Waals surface area contributed by atoms with Crippen LogP contribution in [-0.2, 0) is 0 Å². The normalized spacial score (nSPS) is 19.6. The van der Waals surface area contributed by atoms with Gasteiger partial charge in [-0.2, -0.15) is 0 Å². The molecular weight excluding hydrogens is 242 g/mol. The predicted molar refractivity (Wildman–Crippen MR) is 87.8 cm³/mol. The third kappa shape index (κ3) is 4.63. The van der Waals surface area contributed by atoms with Crippen molar-refractivity contribution in [1.29, 1.82) is 0 Å². The fourth-order valence-electron chi connectivity index (χ4n) is 3.42. The highest BCUT2D eigenvalue weighted by Crippen LogP contribution is 2.33. The maximum absolute atomic E-state index is 3.87. The number of benzene rings is 1. The van der Waals surface area contributed by atoms with Crippen molar-refractivity contribution < 1.29 is 0 Å². The van der Waals surface area contributed by atoms with Gasteiger partial charge in [0.05, 0.1) is 0 Å². The highest BCUT2D eigenvalue weighted by atomic mass is 14.9. The van der Waals surface area contributed by atoms with E-state index in [1.165, 1.54) is 50.6 Å². The second-order valence-electron chi connectivity index (χ2n) is 7.48. The number of nitrogens with one attached hydrogen (secondary N) is 1. The molecule has 0 saturated heterocycles. The first-order valence-electron chi connectivity index (χ1n) is 8.36. The Kier molecular flexibility index (Phi) is 5.65. The first kappa shape index (κ1) is 15.6. The maximum Gasteiger partial charge on any atom is 0.0369 e. The summed E-state index contributed by atoms with van der Waals surface area (Å²) >= 11 is 0. The van der Waals surface area contributed by atoms with Crippen LogP contribution in [0, 0.1) is 11.3 Å². The molecule has 112 valence electrons. The molecule has 1 atom stereocenters. The summed E-state index contributed by atoms with van der Waals surface area (Å²) in [4.78, 5) is 0. The molecule has 0 heterocycles. The largest absolute Gasteiger partial charge is 0.309 e. The van der Waals surface area contributed by atoms with Crippen LogP contribution in [0.1, 0.15) is 70.9 Å². The Morgan fingerprint density at radius 2 is 1.60 bits per heavy atom. The van der Waals surface area contributed by atoms with E-state index in [9.17, 15) is 0 Å². The molecule has 1 aliphatic carbocycles. The van der Waals surface area contributed by atoms with Crippen LogP contribution in [0.15, 0.2) is 30.3 Å². The van der Waals surface area contributed by atoms with Crippen molar-refractivity contribution in [1.82, 2.24) is 5.32 Å². The van der Waals surface area contributed by atoms with Crippen LogP contribution in [-0.4, -0.2) is 6.54 Å². The summed E-state index contributed by atoms with van der Waals surface area (Å²) < 4.78 is 0. The highest BCUT2D eigenvalue weighted by molar-refractivity contribution is 5.20. The van der Waals surface area contributed by atoms with Crippen LogP contribution in [0.3, 0.4) is 0 Å². The molecule has 1 saturated carbocycles. The first-order valence-corrected chi connectivity index (χ1v) is 8.36. The van der Waals surface area contributed by atoms with Crippen LogP contribution in [0.4, 0.5) is 0 Å². The van der Waals surface area contributed by atoms with E-state index in [1.54, 1.807) is 0 Å². The lowest BCUT2D eigenvalue weighted by atomic mass is 9.82. The lowest BCUT2D eigenvalue weighted by Gasteiger charge is -2.33. The summed E-state index contributed by atoms with van der Waals surface area (Å²) in [6.07, 6.45) is 8.57. The average Bonchev–Trinajstić information content (AvgIpc) is 2.67. The number of rotatable bonds is 4. The van der Waals surface area contributed by atoms with E-state index in [2.05, 4.69) is 56.4 Å². The van der Waals surface area contributed by atoms with E-state index in [0.717, 1.165) is 5.92 Å². The third-order valence-corrected chi connectivity index (χ3v) is 4.58. The van der Waals surface area contributed by atoms with E-state index in [1.807, 2.05) is 0 Å². The Morgan fingerprint density at radius 3 is 2.15 bits per heavy atom. The van der Waals surface area contributed by atoms with E-state index in [0.29, 0.717) is 6.04 Å². The van der Waals surface area contributed by atoms with E-state index < -0.39 is 0 Å². The molecule has 0 radical (unpaired) electrons. The SMILES string of the molecule is CC(C)(C)C(NCC1CCCCCC1)c1ccccc1. The molecule has 1 aromatic carbocycles. The Morgan fingerprint density at radius 1 is 1.00 bits per heavy atom. The van der Waals surface area contributed by atoms with Gasteiger partial charge in [0, 0.05) is 6.04 Å².